The fraction of sp³-hybridized carbons (Fsp3) is 0.100. The molecule has 16 rings (SSSR count). The molecule has 0 saturated carbocycles. The first-order valence-electron chi connectivity index (χ1n) is 30.9. The van der Waals surface area contributed by atoms with Crippen molar-refractivity contribution in [3.05, 3.63) is 312 Å². The first kappa shape index (κ1) is 64.8. The summed E-state index contributed by atoms with van der Waals surface area (Å²) < 4.78 is 0. The Morgan fingerprint density at radius 1 is 0.149 bits per heavy atom. The Balaban J connectivity index is 0.000000127. The minimum absolute atomic E-state index is 0. The molecule has 0 amide bonds. The van der Waals surface area contributed by atoms with E-state index in [9.17, 15) is 0 Å². The van der Waals surface area contributed by atoms with Crippen LogP contribution in [0.15, 0.2) is 291 Å². The molecule has 0 saturated heterocycles. The Kier molecular flexibility index (Phi) is 19.9. The maximum Gasteiger partial charge on any atom is 3.00 e. The third kappa shape index (κ3) is 12.9. The molecule has 0 unspecified atom stereocenters. The molecule has 4 aliphatic rings. The van der Waals surface area contributed by atoms with Crippen LogP contribution in [0.2, 0.25) is 0 Å². The van der Waals surface area contributed by atoms with E-state index in [4.69, 9.17) is 21.3 Å². The molecule has 14 heteroatoms. The number of fused-ring (bicyclic) bond motifs is 12. The average molecular weight is 1310 g/mol. The van der Waals surface area contributed by atoms with Crippen molar-refractivity contribution in [3.63, 3.8) is 0 Å². The van der Waals surface area contributed by atoms with Gasteiger partial charge in [0.15, 0.2) is 0 Å². The Bertz CT molecular complexity index is 3740. The van der Waals surface area contributed by atoms with E-state index in [2.05, 4.69) is 338 Å². The van der Waals surface area contributed by atoms with Crippen molar-refractivity contribution in [2.45, 2.75) is 0 Å². The van der Waals surface area contributed by atoms with E-state index in [1.807, 2.05) is 48.5 Å². The number of benzene rings is 12. The van der Waals surface area contributed by atoms with Gasteiger partial charge in [0, 0.05) is 102 Å². The molecule has 0 aromatic heterocycles. The van der Waals surface area contributed by atoms with Crippen molar-refractivity contribution in [1.29, 1.82) is 0 Å². The molecule has 12 aromatic carbocycles. The normalized spacial score (nSPS) is 12.7. The maximum absolute atomic E-state index is 4.92. The summed E-state index contributed by atoms with van der Waals surface area (Å²) in [5.41, 5.74) is 25.9. The largest absolute Gasteiger partial charge is 3.00 e. The smallest absolute Gasteiger partial charge is 0.654 e. The average Bonchev–Trinajstić information content (AvgIpc) is 1.64. The second kappa shape index (κ2) is 28.8. The maximum atomic E-state index is 4.92. The summed E-state index contributed by atoms with van der Waals surface area (Å²) in [6, 6.07) is 100.0. The number of anilines is 16. The standard InChI is InChI=1S/4C20H18N3.2Fe/c4*1-22-17-11-5-3-9-15(17)21-16-10-4-6-12-18(16)23(2)20-14-8-7-13-19(20)22;;/h4*3-14H,1-2H3;;/q4*-1;+2;+3. The number of rotatable bonds is 0. The summed E-state index contributed by atoms with van der Waals surface area (Å²) in [7, 11) is 16.8. The van der Waals surface area contributed by atoms with Gasteiger partial charge in [-0.2, -0.15) is 0 Å². The van der Waals surface area contributed by atoms with Crippen LogP contribution in [-0.2, 0) is 34.1 Å². The van der Waals surface area contributed by atoms with Crippen molar-refractivity contribution in [2.75, 3.05) is 95.6 Å². The van der Waals surface area contributed by atoms with Crippen LogP contribution in [0, 0.1) is 0 Å². The van der Waals surface area contributed by atoms with Crippen molar-refractivity contribution in [2.24, 2.45) is 0 Å². The number of nitrogens with zero attached hydrogens (tertiary/aromatic N) is 12. The monoisotopic (exact) mass is 1310 g/mol. The van der Waals surface area contributed by atoms with Crippen molar-refractivity contribution in [3.8, 4) is 0 Å². The van der Waals surface area contributed by atoms with E-state index in [1.165, 1.54) is 0 Å². The molecule has 0 atom stereocenters. The minimum Gasteiger partial charge on any atom is -0.654 e. The zero-order valence-electron chi connectivity index (χ0n) is 53.8. The SMILES string of the molecule is CN1c2ccccc2[N-]c2ccccc2N(C)c2ccccc21.CN1c2ccccc2[N-]c2ccccc2N(C)c2ccccc21.CN1c2ccccc2[N-]c2ccccc2N(C)c2ccccc21.CN1c2ccccc2[N-]c2ccccc2N(C)c2ccccc21.[Fe+2].[Fe+3]. The molecule has 0 spiro atoms. The van der Waals surface area contributed by atoms with Crippen LogP contribution in [0.3, 0.4) is 0 Å². The molecule has 12 nitrogen and oxygen atoms in total. The number of hydrogen-bond acceptors (Lipinski definition) is 8. The molecule has 0 N–H and O–H groups in total. The van der Waals surface area contributed by atoms with Gasteiger partial charge in [-0.15, -0.1) is 45.5 Å². The van der Waals surface area contributed by atoms with Crippen LogP contribution in [0.4, 0.5) is 136 Å². The van der Waals surface area contributed by atoms with Gasteiger partial charge in [-0.3, -0.25) is 0 Å². The summed E-state index contributed by atoms with van der Waals surface area (Å²) >= 11 is 0. The summed E-state index contributed by atoms with van der Waals surface area (Å²) in [6.45, 7) is 0. The fourth-order valence-corrected chi connectivity index (χ4v) is 12.4. The predicted octanol–water partition coefficient (Wildman–Crippen LogP) is 23.5. The Morgan fingerprint density at radius 3 is 0.340 bits per heavy atom. The molecule has 467 valence electrons. The van der Waals surface area contributed by atoms with Gasteiger partial charge < -0.3 is 60.5 Å². The zero-order chi connectivity index (χ0) is 63.2. The second-order valence-corrected chi connectivity index (χ2v) is 22.8. The number of hydrogen-bond donors (Lipinski definition) is 0. The van der Waals surface area contributed by atoms with Crippen molar-refractivity contribution >= 4 is 136 Å². The van der Waals surface area contributed by atoms with Gasteiger partial charge in [0.25, 0.3) is 0 Å². The van der Waals surface area contributed by atoms with Crippen LogP contribution < -0.4 is 39.2 Å². The molecule has 0 bridgehead atoms. The van der Waals surface area contributed by atoms with Crippen LogP contribution in [0.25, 0.3) is 21.3 Å². The van der Waals surface area contributed by atoms with Crippen LogP contribution in [0.1, 0.15) is 0 Å². The van der Waals surface area contributed by atoms with E-state index in [0.29, 0.717) is 0 Å². The fourth-order valence-electron chi connectivity index (χ4n) is 12.4. The van der Waals surface area contributed by atoms with Gasteiger partial charge in [0.1, 0.15) is 0 Å². The van der Waals surface area contributed by atoms with Gasteiger partial charge in [-0.1, -0.05) is 194 Å². The van der Waals surface area contributed by atoms with Gasteiger partial charge in [-0.25, -0.2) is 0 Å². The zero-order valence-corrected chi connectivity index (χ0v) is 56.0. The quantitative estimate of drug-likeness (QED) is 0.139. The molecular weight excluding hydrogens is 1240 g/mol. The number of para-hydroxylation sites is 24. The van der Waals surface area contributed by atoms with Gasteiger partial charge in [-0.05, 0) is 97.1 Å². The van der Waals surface area contributed by atoms with Crippen molar-refractivity contribution in [1.82, 2.24) is 0 Å². The van der Waals surface area contributed by atoms with Crippen LogP contribution in [0.5, 0.6) is 0 Å². The van der Waals surface area contributed by atoms with Crippen LogP contribution in [-0.4, -0.2) is 56.4 Å². The van der Waals surface area contributed by atoms with Crippen LogP contribution >= 0.6 is 0 Å². The predicted molar refractivity (Wildman–Crippen MR) is 393 cm³/mol. The van der Waals surface area contributed by atoms with E-state index < -0.39 is 0 Å². The Hall–Kier alpha value is -10.7. The third-order valence-electron chi connectivity index (χ3n) is 17.3. The van der Waals surface area contributed by atoms with E-state index in [1.54, 1.807) is 0 Å². The molecule has 94 heavy (non-hydrogen) atoms. The van der Waals surface area contributed by atoms with Gasteiger partial charge >= 0.3 is 34.1 Å². The van der Waals surface area contributed by atoms with Gasteiger partial charge in [0.05, 0.1) is 45.5 Å². The summed E-state index contributed by atoms with van der Waals surface area (Å²) in [5.74, 6) is 0. The molecule has 1 radical (unpaired) electrons. The topological polar surface area (TPSA) is 82.3 Å². The molecule has 0 fully saturated rings. The van der Waals surface area contributed by atoms with Crippen molar-refractivity contribution < 1.29 is 34.1 Å². The molecule has 4 aliphatic heterocycles. The van der Waals surface area contributed by atoms with E-state index in [0.717, 1.165) is 136 Å². The Morgan fingerprint density at radius 2 is 0.234 bits per heavy atom. The molecule has 12 aromatic rings. The minimum atomic E-state index is 0. The summed E-state index contributed by atoms with van der Waals surface area (Å²) in [6.07, 6.45) is 0. The summed E-state index contributed by atoms with van der Waals surface area (Å²) in [4.78, 5) is 17.6. The molecule has 0 aliphatic carbocycles. The van der Waals surface area contributed by atoms with E-state index >= 15 is 0 Å². The summed E-state index contributed by atoms with van der Waals surface area (Å²) in [5, 5.41) is 19.7. The first-order valence-corrected chi connectivity index (χ1v) is 30.9. The third-order valence-corrected chi connectivity index (χ3v) is 17.3. The molecule has 4 heterocycles. The van der Waals surface area contributed by atoms with Gasteiger partial charge in [0.2, 0.25) is 0 Å². The van der Waals surface area contributed by atoms with E-state index in [-0.39, 0.29) is 34.1 Å². The first-order chi connectivity index (χ1) is 45.0. The Labute approximate surface area is 574 Å². The second-order valence-electron chi connectivity index (χ2n) is 22.8. The molecular formula is C80H72Fe2N12+.